The summed E-state index contributed by atoms with van der Waals surface area (Å²) < 4.78 is 40.6. The summed E-state index contributed by atoms with van der Waals surface area (Å²) in [4.78, 5) is 26.4. The Kier molecular flexibility index (Phi) is 4.95. The van der Waals surface area contributed by atoms with Crippen LogP contribution >= 0.6 is 0 Å². The van der Waals surface area contributed by atoms with Crippen molar-refractivity contribution in [3.8, 4) is 5.75 Å². The van der Waals surface area contributed by atoms with Crippen LogP contribution in [0.4, 0.5) is 18.9 Å². The molecule has 0 saturated carbocycles. The molecule has 0 aromatic heterocycles. The summed E-state index contributed by atoms with van der Waals surface area (Å²) in [6.45, 7) is 3.66. The van der Waals surface area contributed by atoms with Crippen molar-refractivity contribution >= 4 is 17.5 Å². The van der Waals surface area contributed by atoms with Crippen molar-refractivity contribution in [2.24, 2.45) is 11.8 Å². The smallest absolute Gasteiger partial charge is 0.406 e. The number of anilines is 1. The van der Waals surface area contributed by atoms with Gasteiger partial charge in [-0.05, 0) is 43.2 Å². The standard InChI is InChI=1S/C20H18F3NO3/c1-12-3-5-14(6-4-12)11-17-13(2)18(25)24(19(17)26)15-7-9-16(10-8-15)27-20(21,22)23/h3-10,13,17H,11H2,1-2H3/t13-,17+/m0/s1. The lowest BCUT2D eigenvalue weighted by atomic mass is 9.90. The van der Waals surface area contributed by atoms with Crippen LogP contribution in [0.15, 0.2) is 48.5 Å². The van der Waals surface area contributed by atoms with E-state index in [1.165, 1.54) is 12.1 Å². The largest absolute Gasteiger partial charge is 0.573 e. The van der Waals surface area contributed by atoms with Crippen LogP contribution < -0.4 is 9.64 Å². The SMILES string of the molecule is Cc1ccc(C[C@H]2C(=O)N(c3ccc(OC(F)(F)F)cc3)C(=O)[C@H]2C)cc1. The van der Waals surface area contributed by atoms with Crippen LogP contribution in [-0.2, 0) is 16.0 Å². The van der Waals surface area contributed by atoms with Crippen molar-refractivity contribution in [1.29, 1.82) is 0 Å². The highest BCUT2D eigenvalue weighted by Gasteiger charge is 2.45. The topological polar surface area (TPSA) is 46.6 Å². The Bertz CT molecular complexity index is 844. The number of amides is 2. The van der Waals surface area contributed by atoms with Crippen LogP contribution in [0, 0.1) is 18.8 Å². The zero-order valence-corrected chi connectivity index (χ0v) is 14.8. The van der Waals surface area contributed by atoms with E-state index in [0.29, 0.717) is 6.42 Å². The monoisotopic (exact) mass is 377 g/mol. The molecule has 2 aromatic rings. The molecular formula is C20H18F3NO3. The van der Waals surface area contributed by atoms with Gasteiger partial charge in [0.1, 0.15) is 5.75 Å². The Balaban J connectivity index is 1.79. The van der Waals surface area contributed by atoms with E-state index in [4.69, 9.17) is 0 Å². The first-order chi connectivity index (χ1) is 12.7. The van der Waals surface area contributed by atoms with Crippen LogP contribution in [-0.4, -0.2) is 18.2 Å². The van der Waals surface area contributed by atoms with Crippen molar-refractivity contribution in [3.63, 3.8) is 0 Å². The first-order valence-electron chi connectivity index (χ1n) is 8.45. The maximum absolute atomic E-state index is 12.8. The number of hydrogen-bond acceptors (Lipinski definition) is 3. The van der Waals surface area contributed by atoms with Crippen LogP contribution in [0.2, 0.25) is 0 Å². The van der Waals surface area contributed by atoms with E-state index in [-0.39, 0.29) is 17.5 Å². The van der Waals surface area contributed by atoms with Gasteiger partial charge in [0, 0.05) is 5.92 Å². The van der Waals surface area contributed by atoms with E-state index >= 15 is 0 Å². The number of carbonyl (C=O) groups excluding carboxylic acids is 2. The van der Waals surface area contributed by atoms with E-state index in [0.717, 1.165) is 28.2 Å². The number of carbonyl (C=O) groups is 2. The minimum atomic E-state index is -4.80. The van der Waals surface area contributed by atoms with Gasteiger partial charge >= 0.3 is 6.36 Å². The molecule has 7 heteroatoms. The Labute approximate surface area is 154 Å². The number of alkyl halides is 3. The van der Waals surface area contributed by atoms with Crippen LogP contribution in [0.5, 0.6) is 5.75 Å². The van der Waals surface area contributed by atoms with Gasteiger partial charge in [0.2, 0.25) is 11.8 Å². The van der Waals surface area contributed by atoms with Crippen molar-refractivity contribution in [2.45, 2.75) is 26.6 Å². The molecule has 0 N–H and O–H groups in total. The average Bonchev–Trinajstić information content (AvgIpc) is 2.80. The van der Waals surface area contributed by atoms with Gasteiger partial charge in [-0.1, -0.05) is 36.8 Å². The minimum Gasteiger partial charge on any atom is -0.406 e. The highest BCUT2D eigenvalue weighted by molar-refractivity contribution is 6.22. The predicted molar refractivity (Wildman–Crippen MR) is 93.2 cm³/mol. The van der Waals surface area contributed by atoms with E-state index in [2.05, 4.69) is 4.74 Å². The van der Waals surface area contributed by atoms with Gasteiger partial charge in [0.15, 0.2) is 0 Å². The number of benzene rings is 2. The maximum atomic E-state index is 12.8. The second-order valence-electron chi connectivity index (χ2n) is 6.64. The fraction of sp³-hybridized carbons (Fsp3) is 0.300. The van der Waals surface area contributed by atoms with Gasteiger partial charge < -0.3 is 4.74 Å². The van der Waals surface area contributed by atoms with E-state index in [9.17, 15) is 22.8 Å². The number of halogens is 3. The van der Waals surface area contributed by atoms with Crippen molar-refractivity contribution in [3.05, 3.63) is 59.7 Å². The van der Waals surface area contributed by atoms with E-state index < -0.39 is 23.9 Å². The first kappa shape index (κ1) is 18.9. The van der Waals surface area contributed by atoms with Gasteiger partial charge in [0.25, 0.3) is 0 Å². The van der Waals surface area contributed by atoms with Gasteiger partial charge in [0.05, 0.1) is 11.6 Å². The number of imide groups is 1. The molecule has 0 bridgehead atoms. The van der Waals surface area contributed by atoms with E-state index in [1.807, 2.05) is 31.2 Å². The third kappa shape index (κ3) is 4.13. The van der Waals surface area contributed by atoms with Gasteiger partial charge in [-0.3, -0.25) is 14.5 Å². The zero-order chi connectivity index (χ0) is 19.8. The molecule has 0 unspecified atom stereocenters. The number of hydrogen-bond donors (Lipinski definition) is 0. The van der Waals surface area contributed by atoms with Crippen LogP contribution in [0.1, 0.15) is 18.1 Å². The maximum Gasteiger partial charge on any atom is 0.573 e. The second-order valence-corrected chi connectivity index (χ2v) is 6.64. The molecule has 1 fully saturated rings. The number of ether oxygens (including phenoxy) is 1. The molecule has 27 heavy (non-hydrogen) atoms. The Hall–Kier alpha value is -2.83. The summed E-state index contributed by atoms with van der Waals surface area (Å²) in [6.07, 6.45) is -4.37. The molecule has 2 atom stereocenters. The minimum absolute atomic E-state index is 0.234. The fourth-order valence-corrected chi connectivity index (χ4v) is 3.16. The summed E-state index contributed by atoms with van der Waals surface area (Å²) in [5.41, 5.74) is 2.29. The molecule has 3 rings (SSSR count). The number of aryl methyl sites for hydroxylation is 1. The van der Waals surface area contributed by atoms with Gasteiger partial charge in [-0.15, -0.1) is 13.2 Å². The third-order valence-corrected chi connectivity index (χ3v) is 4.66. The Morgan fingerprint density at radius 2 is 1.56 bits per heavy atom. The van der Waals surface area contributed by atoms with E-state index in [1.54, 1.807) is 6.92 Å². The lowest BCUT2D eigenvalue weighted by molar-refractivity contribution is -0.274. The lowest BCUT2D eigenvalue weighted by Gasteiger charge is -2.16. The summed E-state index contributed by atoms with van der Waals surface area (Å²) in [7, 11) is 0. The Morgan fingerprint density at radius 3 is 2.11 bits per heavy atom. The van der Waals surface area contributed by atoms with Crippen LogP contribution in [0.3, 0.4) is 0 Å². The second kappa shape index (κ2) is 7.06. The summed E-state index contributed by atoms with van der Waals surface area (Å²) in [6, 6.07) is 12.5. The summed E-state index contributed by atoms with van der Waals surface area (Å²) in [5.74, 6) is -2.13. The lowest BCUT2D eigenvalue weighted by Crippen LogP contribution is -2.31. The van der Waals surface area contributed by atoms with Crippen molar-refractivity contribution in [2.75, 3.05) is 4.90 Å². The molecule has 142 valence electrons. The molecule has 2 amide bonds. The highest BCUT2D eigenvalue weighted by atomic mass is 19.4. The Morgan fingerprint density at radius 1 is 0.963 bits per heavy atom. The molecule has 0 radical (unpaired) electrons. The van der Waals surface area contributed by atoms with Gasteiger partial charge in [-0.2, -0.15) is 0 Å². The van der Waals surface area contributed by atoms with Gasteiger partial charge in [-0.25, -0.2) is 0 Å². The summed E-state index contributed by atoms with van der Waals surface area (Å²) in [5, 5.41) is 0. The quantitative estimate of drug-likeness (QED) is 0.748. The molecular weight excluding hydrogens is 359 g/mol. The highest BCUT2D eigenvalue weighted by Crippen LogP contribution is 2.34. The number of rotatable bonds is 4. The predicted octanol–water partition coefficient (Wildman–Crippen LogP) is 4.26. The molecule has 1 heterocycles. The molecule has 0 spiro atoms. The number of nitrogens with zero attached hydrogens (tertiary/aromatic N) is 1. The molecule has 1 saturated heterocycles. The fourth-order valence-electron chi connectivity index (χ4n) is 3.16. The normalized spacial score (nSPS) is 20.3. The average molecular weight is 377 g/mol. The molecule has 4 nitrogen and oxygen atoms in total. The summed E-state index contributed by atoms with van der Waals surface area (Å²) >= 11 is 0. The zero-order valence-electron chi connectivity index (χ0n) is 14.8. The van der Waals surface area contributed by atoms with Crippen molar-refractivity contribution in [1.82, 2.24) is 0 Å². The third-order valence-electron chi connectivity index (χ3n) is 4.66. The molecule has 1 aliphatic heterocycles. The first-order valence-corrected chi connectivity index (χ1v) is 8.45. The van der Waals surface area contributed by atoms with Crippen molar-refractivity contribution < 1.29 is 27.5 Å². The van der Waals surface area contributed by atoms with Crippen LogP contribution in [0.25, 0.3) is 0 Å². The molecule has 1 aliphatic rings. The molecule has 2 aromatic carbocycles. The molecule has 0 aliphatic carbocycles.